The molecule has 0 aliphatic carbocycles. The molecule has 1 aliphatic heterocycles. The van der Waals surface area contributed by atoms with Gasteiger partial charge in [0.2, 0.25) is 11.8 Å². The van der Waals surface area contributed by atoms with Crippen LogP contribution in [0.15, 0.2) is 37.1 Å². The number of fused-ring (bicyclic) bond motifs is 1. The van der Waals surface area contributed by atoms with Crippen molar-refractivity contribution in [2.75, 3.05) is 31.6 Å². The normalized spacial score (nSPS) is 14.8. The molecule has 0 atom stereocenters. The molecule has 0 aromatic carbocycles. The number of rotatable bonds is 3. The summed E-state index contributed by atoms with van der Waals surface area (Å²) in [4.78, 5) is 38.6. The molecule has 0 spiro atoms. The first kappa shape index (κ1) is 15.7. The van der Waals surface area contributed by atoms with Gasteiger partial charge in [-0.05, 0) is 18.2 Å². The van der Waals surface area contributed by atoms with Gasteiger partial charge in [0, 0.05) is 38.0 Å². The highest BCUT2D eigenvalue weighted by molar-refractivity contribution is 5.99. The van der Waals surface area contributed by atoms with E-state index in [0.29, 0.717) is 30.0 Å². The fourth-order valence-electron chi connectivity index (χ4n) is 2.63. The average molecular weight is 327 g/mol. The summed E-state index contributed by atoms with van der Waals surface area (Å²) in [5.41, 5.74) is 1.23. The summed E-state index contributed by atoms with van der Waals surface area (Å²) in [5.74, 6) is -0.146. The topological polar surface area (TPSA) is 87.0 Å². The van der Waals surface area contributed by atoms with Crippen LogP contribution in [0.4, 0.5) is 5.82 Å². The number of hydrogen-bond donors (Lipinski definition) is 1. The van der Waals surface area contributed by atoms with Crippen molar-refractivity contribution in [1.82, 2.24) is 19.8 Å². The average Bonchev–Trinajstić information content (AvgIpc) is 3.02. The second-order valence-corrected chi connectivity index (χ2v) is 5.38. The van der Waals surface area contributed by atoms with Gasteiger partial charge in [0.25, 0.3) is 5.91 Å². The van der Waals surface area contributed by atoms with Crippen molar-refractivity contribution < 1.29 is 14.4 Å². The Balaban J connectivity index is 1.85. The van der Waals surface area contributed by atoms with E-state index >= 15 is 0 Å². The van der Waals surface area contributed by atoms with Crippen LogP contribution in [0, 0.1) is 0 Å². The summed E-state index contributed by atoms with van der Waals surface area (Å²) in [7, 11) is 1.57. The molecule has 1 saturated heterocycles. The molecule has 0 saturated carbocycles. The van der Waals surface area contributed by atoms with Gasteiger partial charge in [0.1, 0.15) is 6.54 Å². The van der Waals surface area contributed by atoms with Gasteiger partial charge in [-0.25, -0.2) is 4.52 Å². The van der Waals surface area contributed by atoms with Crippen LogP contribution in [0.1, 0.15) is 10.4 Å². The third kappa shape index (κ3) is 2.73. The standard InChI is InChI=1S/C16H17N5O3/c1-3-14(22)19-6-7-20(15(23)10-19)13-9-12-8-11(16(24)17-2)4-5-21(12)18-13/h3-5,8-9H,1,6-7,10H2,2H3,(H,17,24). The van der Waals surface area contributed by atoms with Gasteiger partial charge in [-0.3, -0.25) is 19.3 Å². The molecule has 0 radical (unpaired) electrons. The SMILES string of the molecule is C=CC(=O)N1CCN(c2cc3cc(C(=O)NC)ccn3n2)C(=O)C1. The molecular weight excluding hydrogens is 310 g/mol. The van der Waals surface area contributed by atoms with E-state index in [4.69, 9.17) is 0 Å². The van der Waals surface area contributed by atoms with Crippen molar-refractivity contribution in [1.29, 1.82) is 0 Å². The lowest BCUT2D eigenvalue weighted by molar-refractivity contribution is -0.133. The van der Waals surface area contributed by atoms with Crippen molar-refractivity contribution in [3.05, 3.63) is 42.6 Å². The number of hydrogen-bond acceptors (Lipinski definition) is 4. The lowest BCUT2D eigenvalue weighted by atomic mass is 10.2. The van der Waals surface area contributed by atoms with Crippen LogP contribution in [0.3, 0.4) is 0 Å². The first-order valence-corrected chi connectivity index (χ1v) is 7.46. The number of nitrogens with one attached hydrogen (secondary N) is 1. The van der Waals surface area contributed by atoms with Crippen LogP contribution >= 0.6 is 0 Å². The predicted octanol–water partition coefficient (Wildman–Crippen LogP) is 0.0551. The number of carbonyl (C=O) groups excluding carboxylic acids is 3. The van der Waals surface area contributed by atoms with E-state index in [1.54, 1.807) is 40.9 Å². The molecule has 1 N–H and O–H groups in total. The van der Waals surface area contributed by atoms with Crippen LogP contribution < -0.4 is 10.2 Å². The molecule has 0 bridgehead atoms. The van der Waals surface area contributed by atoms with Gasteiger partial charge in [-0.2, -0.15) is 0 Å². The molecule has 3 heterocycles. The summed E-state index contributed by atoms with van der Waals surface area (Å²) in [5, 5.41) is 6.94. The molecule has 124 valence electrons. The van der Waals surface area contributed by atoms with Crippen molar-refractivity contribution in [3.63, 3.8) is 0 Å². The van der Waals surface area contributed by atoms with E-state index in [2.05, 4.69) is 17.0 Å². The molecule has 3 amide bonds. The van der Waals surface area contributed by atoms with Crippen LogP contribution in [0.5, 0.6) is 0 Å². The van der Waals surface area contributed by atoms with Gasteiger partial charge < -0.3 is 10.2 Å². The minimum absolute atomic E-state index is 0.00220. The van der Waals surface area contributed by atoms with Crippen LogP contribution in [0.2, 0.25) is 0 Å². The Bertz CT molecular complexity index is 841. The van der Waals surface area contributed by atoms with Gasteiger partial charge in [0.05, 0.1) is 5.52 Å². The maximum Gasteiger partial charge on any atom is 0.251 e. The van der Waals surface area contributed by atoms with E-state index in [1.807, 2.05) is 0 Å². The highest BCUT2D eigenvalue weighted by Crippen LogP contribution is 2.19. The fraction of sp³-hybridized carbons (Fsp3) is 0.250. The molecule has 0 unspecified atom stereocenters. The number of nitrogens with zero attached hydrogens (tertiary/aromatic N) is 4. The molecular formula is C16H17N5O3. The number of aromatic nitrogens is 2. The molecule has 2 aromatic heterocycles. The highest BCUT2D eigenvalue weighted by Gasteiger charge is 2.28. The summed E-state index contributed by atoms with van der Waals surface area (Å²) < 4.78 is 1.61. The van der Waals surface area contributed by atoms with Gasteiger partial charge in [-0.15, -0.1) is 5.10 Å². The quantitative estimate of drug-likeness (QED) is 0.807. The fourth-order valence-corrected chi connectivity index (χ4v) is 2.63. The van der Waals surface area contributed by atoms with Gasteiger partial charge in [-0.1, -0.05) is 6.58 Å². The monoisotopic (exact) mass is 327 g/mol. The maximum absolute atomic E-state index is 12.3. The summed E-state index contributed by atoms with van der Waals surface area (Å²) >= 11 is 0. The summed E-state index contributed by atoms with van der Waals surface area (Å²) in [6.45, 7) is 4.22. The molecule has 24 heavy (non-hydrogen) atoms. The Labute approximate surface area is 138 Å². The van der Waals surface area contributed by atoms with Crippen molar-refractivity contribution in [2.24, 2.45) is 0 Å². The third-order valence-corrected chi connectivity index (χ3v) is 3.92. The molecule has 3 rings (SSSR count). The Hall–Kier alpha value is -3.16. The van der Waals surface area contributed by atoms with E-state index in [0.717, 1.165) is 0 Å². The maximum atomic E-state index is 12.3. The van der Waals surface area contributed by atoms with Crippen molar-refractivity contribution in [3.8, 4) is 0 Å². The van der Waals surface area contributed by atoms with E-state index in [1.165, 1.54) is 11.0 Å². The van der Waals surface area contributed by atoms with Crippen LogP contribution in [-0.2, 0) is 9.59 Å². The molecule has 1 fully saturated rings. The largest absolute Gasteiger partial charge is 0.355 e. The number of carbonyl (C=O) groups is 3. The molecule has 1 aliphatic rings. The highest BCUT2D eigenvalue weighted by atomic mass is 16.2. The minimum atomic E-state index is -0.256. The Morgan fingerprint density at radius 1 is 1.33 bits per heavy atom. The molecule has 8 heteroatoms. The lowest BCUT2D eigenvalue weighted by Gasteiger charge is -2.32. The van der Waals surface area contributed by atoms with E-state index < -0.39 is 0 Å². The molecule has 2 aromatic rings. The molecule has 8 nitrogen and oxygen atoms in total. The van der Waals surface area contributed by atoms with Gasteiger partial charge >= 0.3 is 0 Å². The Kier molecular flexibility index (Phi) is 4.03. The zero-order valence-corrected chi connectivity index (χ0v) is 13.2. The zero-order valence-electron chi connectivity index (χ0n) is 13.2. The van der Waals surface area contributed by atoms with E-state index in [-0.39, 0.29) is 24.3 Å². The first-order valence-electron chi connectivity index (χ1n) is 7.46. The summed E-state index contributed by atoms with van der Waals surface area (Å²) in [6, 6.07) is 5.11. The van der Waals surface area contributed by atoms with Crippen molar-refractivity contribution in [2.45, 2.75) is 0 Å². The van der Waals surface area contributed by atoms with Crippen LogP contribution in [0.25, 0.3) is 5.52 Å². The minimum Gasteiger partial charge on any atom is -0.355 e. The number of amides is 3. The zero-order chi connectivity index (χ0) is 17.3. The number of piperazine rings is 1. The summed E-state index contributed by atoms with van der Waals surface area (Å²) in [6.07, 6.45) is 2.87. The Morgan fingerprint density at radius 2 is 2.12 bits per heavy atom. The smallest absolute Gasteiger partial charge is 0.251 e. The third-order valence-electron chi connectivity index (χ3n) is 3.92. The second kappa shape index (κ2) is 6.15. The van der Waals surface area contributed by atoms with Crippen LogP contribution in [-0.4, -0.2) is 58.9 Å². The Morgan fingerprint density at radius 3 is 2.79 bits per heavy atom. The predicted molar refractivity (Wildman–Crippen MR) is 87.7 cm³/mol. The number of anilines is 1. The second-order valence-electron chi connectivity index (χ2n) is 5.38. The lowest BCUT2D eigenvalue weighted by Crippen LogP contribution is -2.52. The van der Waals surface area contributed by atoms with E-state index in [9.17, 15) is 14.4 Å². The van der Waals surface area contributed by atoms with Gasteiger partial charge in [0.15, 0.2) is 5.82 Å². The van der Waals surface area contributed by atoms with Crippen molar-refractivity contribution >= 4 is 29.1 Å². The number of pyridine rings is 1. The first-order chi connectivity index (χ1) is 11.5.